The van der Waals surface area contributed by atoms with Gasteiger partial charge in [0.2, 0.25) is 0 Å². The molecule has 1 fully saturated rings. The van der Waals surface area contributed by atoms with Crippen molar-refractivity contribution in [3.8, 4) is 11.5 Å². The number of carbonyl (C=O) groups excluding carboxylic acids is 2. The van der Waals surface area contributed by atoms with Gasteiger partial charge < -0.3 is 14.6 Å². The molecule has 1 aliphatic heterocycles. The fraction of sp³-hybridized carbons (Fsp3) is 0.147. The van der Waals surface area contributed by atoms with Crippen molar-refractivity contribution in [3.05, 3.63) is 125 Å². The Balaban J connectivity index is 1.40. The SMILES string of the molecule is CCCOc1ccc(C(O)=C2C(=O)C(=O)N(c3nc4ccc(F)cc4s3)C2c2ccc(OCc3ccccc3)cc2)cc1. The van der Waals surface area contributed by atoms with Gasteiger partial charge in [0.15, 0.2) is 5.13 Å². The maximum atomic E-state index is 13.9. The monoisotopic (exact) mass is 594 g/mol. The summed E-state index contributed by atoms with van der Waals surface area (Å²) in [6.07, 6.45) is 0.847. The van der Waals surface area contributed by atoms with Gasteiger partial charge in [0, 0.05) is 5.56 Å². The van der Waals surface area contributed by atoms with Gasteiger partial charge in [-0.15, -0.1) is 0 Å². The van der Waals surface area contributed by atoms with Gasteiger partial charge in [0.1, 0.15) is 29.7 Å². The van der Waals surface area contributed by atoms with Crippen LogP contribution in [-0.4, -0.2) is 28.4 Å². The third kappa shape index (κ3) is 5.72. The molecule has 1 aromatic heterocycles. The number of hydrogen-bond donors (Lipinski definition) is 1. The van der Waals surface area contributed by atoms with E-state index < -0.39 is 23.5 Å². The topological polar surface area (TPSA) is 89.0 Å². The molecule has 9 heteroatoms. The lowest BCUT2D eigenvalue weighted by Gasteiger charge is -2.23. The fourth-order valence-corrected chi connectivity index (χ4v) is 5.92. The normalized spacial score (nSPS) is 16.1. The van der Waals surface area contributed by atoms with Gasteiger partial charge in [-0.2, -0.15) is 0 Å². The molecule has 1 saturated heterocycles. The summed E-state index contributed by atoms with van der Waals surface area (Å²) < 4.78 is 26.1. The molecule has 6 rings (SSSR count). The Morgan fingerprint density at radius 3 is 2.35 bits per heavy atom. The molecule has 2 heterocycles. The van der Waals surface area contributed by atoms with E-state index in [1.165, 1.54) is 23.1 Å². The summed E-state index contributed by atoms with van der Waals surface area (Å²) in [4.78, 5) is 32.9. The Bertz CT molecular complexity index is 1820. The molecule has 1 unspecified atom stereocenters. The summed E-state index contributed by atoms with van der Waals surface area (Å²) in [7, 11) is 0. The molecule has 1 amide bonds. The van der Waals surface area contributed by atoms with E-state index in [-0.39, 0.29) is 16.5 Å². The van der Waals surface area contributed by atoms with Gasteiger partial charge in [-0.1, -0.05) is 60.7 Å². The molecular formula is C34H27FN2O5S. The van der Waals surface area contributed by atoms with E-state index in [9.17, 15) is 19.1 Å². The molecule has 216 valence electrons. The standard InChI is InChI=1S/C34H27FN2O5S/c1-2-18-41-25-15-10-23(11-16-25)31(38)29-30(22-8-13-26(14-9-22)42-20-21-6-4-3-5-7-21)37(33(40)32(29)39)34-36-27-17-12-24(35)19-28(27)43-34/h3-17,19,30,38H,2,18,20H2,1H3. The first-order valence-corrected chi connectivity index (χ1v) is 14.6. The van der Waals surface area contributed by atoms with Crippen LogP contribution in [0.25, 0.3) is 16.0 Å². The first kappa shape index (κ1) is 28.1. The number of aliphatic hydroxyl groups excluding tert-OH is 1. The molecule has 4 aromatic carbocycles. The summed E-state index contributed by atoms with van der Waals surface area (Å²) in [5, 5.41) is 11.7. The van der Waals surface area contributed by atoms with Crippen LogP contribution in [0.15, 0.2) is 103 Å². The predicted molar refractivity (Wildman–Crippen MR) is 164 cm³/mol. The number of benzene rings is 4. The van der Waals surface area contributed by atoms with Crippen molar-refractivity contribution >= 4 is 44.1 Å². The number of aromatic nitrogens is 1. The van der Waals surface area contributed by atoms with Crippen LogP contribution in [0.5, 0.6) is 11.5 Å². The second-order valence-electron chi connectivity index (χ2n) is 9.99. The lowest BCUT2D eigenvalue weighted by molar-refractivity contribution is -0.132. The molecule has 1 atom stereocenters. The van der Waals surface area contributed by atoms with Gasteiger partial charge in [0.05, 0.1) is 28.4 Å². The van der Waals surface area contributed by atoms with Crippen LogP contribution in [0.1, 0.15) is 36.1 Å². The van der Waals surface area contributed by atoms with Crippen LogP contribution in [0.4, 0.5) is 9.52 Å². The first-order valence-electron chi connectivity index (χ1n) is 13.8. The Labute approximate surface area is 251 Å². The summed E-state index contributed by atoms with van der Waals surface area (Å²) >= 11 is 1.10. The molecule has 5 aromatic rings. The number of fused-ring (bicyclic) bond motifs is 1. The van der Waals surface area contributed by atoms with Gasteiger partial charge >= 0.3 is 5.91 Å². The molecule has 0 saturated carbocycles. The van der Waals surface area contributed by atoms with E-state index in [4.69, 9.17) is 9.47 Å². The third-order valence-corrected chi connectivity index (χ3v) is 8.05. The molecule has 1 aliphatic rings. The molecule has 43 heavy (non-hydrogen) atoms. The molecule has 7 nitrogen and oxygen atoms in total. The number of ketones is 1. The molecule has 0 spiro atoms. The van der Waals surface area contributed by atoms with Crippen LogP contribution in [0.2, 0.25) is 0 Å². The highest BCUT2D eigenvalue weighted by molar-refractivity contribution is 7.22. The van der Waals surface area contributed by atoms with E-state index in [0.29, 0.717) is 46.1 Å². The summed E-state index contributed by atoms with van der Waals surface area (Å²) in [5.74, 6) is -1.20. The fourth-order valence-electron chi connectivity index (χ4n) is 4.91. The minimum atomic E-state index is -0.982. The summed E-state index contributed by atoms with van der Waals surface area (Å²) in [6, 6.07) is 26.6. The zero-order chi connectivity index (χ0) is 29.9. The van der Waals surface area contributed by atoms with E-state index >= 15 is 0 Å². The Hall–Kier alpha value is -5.02. The number of aliphatic hydroxyl groups is 1. The zero-order valence-corrected chi connectivity index (χ0v) is 24.0. The van der Waals surface area contributed by atoms with E-state index in [1.807, 2.05) is 37.3 Å². The number of nitrogens with zero attached hydrogens (tertiary/aromatic N) is 2. The smallest absolute Gasteiger partial charge is 0.301 e. The lowest BCUT2D eigenvalue weighted by atomic mass is 9.95. The lowest BCUT2D eigenvalue weighted by Crippen LogP contribution is -2.29. The second kappa shape index (κ2) is 12.1. The largest absolute Gasteiger partial charge is 0.507 e. The Morgan fingerprint density at radius 1 is 0.930 bits per heavy atom. The van der Waals surface area contributed by atoms with Crippen molar-refractivity contribution in [1.82, 2.24) is 4.98 Å². The number of carbonyl (C=O) groups is 2. The number of ether oxygens (including phenoxy) is 2. The van der Waals surface area contributed by atoms with Crippen LogP contribution < -0.4 is 14.4 Å². The Morgan fingerprint density at radius 2 is 1.63 bits per heavy atom. The van der Waals surface area contributed by atoms with E-state index in [0.717, 1.165) is 23.3 Å². The molecule has 0 bridgehead atoms. The minimum Gasteiger partial charge on any atom is -0.507 e. The highest BCUT2D eigenvalue weighted by Gasteiger charge is 2.48. The number of hydrogen-bond acceptors (Lipinski definition) is 7. The quantitative estimate of drug-likeness (QED) is 0.108. The number of Topliss-reactive ketones (excluding diaryl/α,β-unsaturated/α-hetero) is 1. The van der Waals surface area contributed by atoms with Crippen LogP contribution in [0.3, 0.4) is 0 Å². The molecule has 0 aliphatic carbocycles. The van der Waals surface area contributed by atoms with Crippen LogP contribution >= 0.6 is 11.3 Å². The average molecular weight is 595 g/mol. The van der Waals surface area contributed by atoms with E-state index in [2.05, 4.69) is 4.98 Å². The number of thiazole rings is 1. The van der Waals surface area contributed by atoms with Crippen LogP contribution in [0, 0.1) is 5.82 Å². The zero-order valence-electron chi connectivity index (χ0n) is 23.2. The van der Waals surface area contributed by atoms with Crippen molar-refractivity contribution in [3.63, 3.8) is 0 Å². The number of halogens is 1. The number of amides is 1. The van der Waals surface area contributed by atoms with Crippen LogP contribution in [-0.2, 0) is 16.2 Å². The predicted octanol–water partition coefficient (Wildman–Crippen LogP) is 7.43. The average Bonchev–Trinajstić information content (AvgIpc) is 3.56. The van der Waals surface area contributed by atoms with Gasteiger partial charge in [0.25, 0.3) is 5.78 Å². The maximum absolute atomic E-state index is 13.9. The highest BCUT2D eigenvalue weighted by Crippen LogP contribution is 2.44. The minimum absolute atomic E-state index is 0.0735. The molecule has 1 N–H and O–H groups in total. The molecular weight excluding hydrogens is 567 g/mol. The maximum Gasteiger partial charge on any atom is 0.301 e. The van der Waals surface area contributed by atoms with Crippen molar-refractivity contribution in [2.45, 2.75) is 26.0 Å². The highest BCUT2D eigenvalue weighted by atomic mass is 32.1. The van der Waals surface area contributed by atoms with Crippen molar-refractivity contribution in [1.29, 1.82) is 0 Å². The number of anilines is 1. The summed E-state index contributed by atoms with van der Waals surface area (Å²) in [5.41, 5.74) is 2.37. The van der Waals surface area contributed by atoms with Gasteiger partial charge in [-0.25, -0.2) is 9.37 Å². The van der Waals surface area contributed by atoms with Crippen molar-refractivity contribution in [2.24, 2.45) is 0 Å². The third-order valence-electron chi connectivity index (χ3n) is 7.03. The van der Waals surface area contributed by atoms with Crippen molar-refractivity contribution in [2.75, 3.05) is 11.5 Å². The van der Waals surface area contributed by atoms with E-state index in [1.54, 1.807) is 48.5 Å². The molecule has 0 radical (unpaired) electrons. The van der Waals surface area contributed by atoms with Gasteiger partial charge in [-0.05, 0) is 72.1 Å². The second-order valence-corrected chi connectivity index (χ2v) is 11.0. The number of rotatable bonds is 9. The van der Waals surface area contributed by atoms with Gasteiger partial charge in [-0.3, -0.25) is 14.5 Å². The summed E-state index contributed by atoms with van der Waals surface area (Å²) in [6.45, 7) is 2.93. The first-order chi connectivity index (χ1) is 20.9. The van der Waals surface area contributed by atoms with Crippen molar-refractivity contribution < 1.29 is 28.6 Å². The Kier molecular flexibility index (Phi) is 7.89.